The molecule has 1 aromatic heterocycles. The maximum absolute atomic E-state index is 5.82. The zero-order valence-electron chi connectivity index (χ0n) is 16.8. The molecule has 0 aliphatic carbocycles. The zero-order valence-corrected chi connectivity index (χ0v) is 17.6. The molecule has 0 saturated carbocycles. The number of nitrogens with zero attached hydrogens (tertiary/aromatic N) is 2. The van der Waals surface area contributed by atoms with Gasteiger partial charge in [0.15, 0.2) is 5.96 Å². The largest absolute Gasteiger partial charge is 0.376 e. The standard InChI is InChI=1S/C21H32N4OS/c1-17(15-26-16-18-9-6-5-7-10-18)13-23-21(22-2)24-14-19(25(3)4)20-11-8-12-27-20/h5-12,17,19H,13-16H2,1-4H3,(H2,22,23,24). The molecule has 2 rings (SSSR count). The van der Waals surface area contributed by atoms with Crippen LogP contribution in [0.4, 0.5) is 0 Å². The first-order chi connectivity index (χ1) is 13.1. The first-order valence-electron chi connectivity index (χ1n) is 9.36. The summed E-state index contributed by atoms with van der Waals surface area (Å²) in [7, 11) is 6.02. The lowest BCUT2D eigenvalue weighted by atomic mass is 10.2. The molecule has 27 heavy (non-hydrogen) atoms. The van der Waals surface area contributed by atoms with Gasteiger partial charge in [-0.25, -0.2) is 0 Å². The Hall–Kier alpha value is -1.89. The minimum atomic E-state index is 0.329. The van der Waals surface area contributed by atoms with Gasteiger partial charge in [-0.1, -0.05) is 43.3 Å². The summed E-state index contributed by atoms with van der Waals surface area (Å²) >= 11 is 1.79. The molecule has 0 aliphatic heterocycles. The van der Waals surface area contributed by atoms with Crippen molar-refractivity contribution in [3.63, 3.8) is 0 Å². The molecule has 6 heteroatoms. The molecule has 2 N–H and O–H groups in total. The molecule has 2 aromatic rings. The number of ether oxygens (including phenoxy) is 1. The second kappa shape index (κ2) is 11.7. The first kappa shape index (κ1) is 21.4. The van der Waals surface area contributed by atoms with E-state index in [4.69, 9.17) is 4.74 Å². The van der Waals surface area contributed by atoms with Crippen LogP contribution < -0.4 is 10.6 Å². The highest BCUT2D eigenvalue weighted by Gasteiger charge is 2.15. The third kappa shape index (κ3) is 7.71. The first-order valence-corrected chi connectivity index (χ1v) is 10.2. The maximum Gasteiger partial charge on any atom is 0.191 e. The topological polar surface area (TPSA) is 48.9 Å². The molecule has 0 fully saturated rings. The van der Waals surface area contributed by atoms with E-state index in [0.29, 0.717) is 25.2 Å². The van der Waals surface area contributed by atoms with Gasteiger partial charge in [-0.2, -0.15) is 0 Å². The number of rotatable bonds is 10. The van der Waals surface area contributed by atoms with Crippen molar-refractivity contribution in [2.45, 2.75) is 19.6 Å². The van der Waals surface area contributed by atoms with E-state index in [1.165, 1.54) is 10.4 Å². The molecule has 1 aromatic carbocycles. The smallest absolute Gasteiger partial charge is 0.191 e. The molecule has 0 saturated heterocycles. The number of nitrogens with one attached hydrogen (secondary N) is 2. The summed E-state index contributed by atoms with van der Waals surface area (Å²) < 4.78 is 5.82. The third-order valence-corrected chi connectivity index (χ3v) is 5.29. The van der Waals surface area contributed by atoms with E-state index < -0.39 is 0 Å². The van der Waals surface area contributed by atoms with Gasteiger partial charge in [0.25, 0.3) is 0 Å². The quantitative estimate of drug-likeness (QED) is 0.484. The Kier molecular flexibility index (Phi) is 9.31. The summed E-state index contributed by atoms with van der Waals surface area (Å²) in [4.78, 5) is 7.92. The number of thiophene rings is 1. The molecule has 5 nitrogen and oxygen atoms in total. The Labute approximate surface area is 167 Å². The van der Waals surface area contributed by atoms with Gasteiger partial charge in [0, 0.05) is 25.0 Å². The van der Waals surface area contributed by atoms with Crippen molar-refractivity contribution in [2.24, 2.45) is 10.9 Å². The van der Waals surface area contributed by atoms with Crippen molar-refractivity contribution >= 4 is 17.3 Å². The molecule has 0 spiro atoms. The third-order valence-electron chi connectivity index (χ3n) is 4.31. The van der Waals surface area contributed by atoms with Crippen molar-refractivity contribution in [2.75, 3.05) is 40.8 Å². The summed E-state index contributed by atoms with van der Waals surface area (Å²) in [6.07, 6.45) is 0. The summed E-state index contributed by atoms with van der Waals surface area (Å²) in [5.74, 6) is 1.22. The van der Waals surface area contributed by atoms with Crippen molar-refractivity contribution in [3.8, 4) is 0 Å². The highest BCUT2D eigenvalue weighted by Crippen LogP contribution is 2.22. The lowest BCUT2D eigenvalue weighted by molar-refractivity contribution is 0.0931. The van der Waals surface area contributed by atoms with Gasteiger partial charge >= 0.3 is 0 Å². The van der Waals surface area contributed by atoms with Gasteiger partial charge in [-0.15, -0.1) is 11.3 Å². The molecule has 0 radical (unpaired) electrons. The van der Waals surface area contributed by atoms with Gasteiger partial charge in [0.1, 0.15) is 0 Å². The van der Waals surface area contributed by atoms with Gasteiger partial charge in [0.05, 0.1) is 19.3 Å². The van der Waals surface area contributed by atoms with E-state index in [-0.39, 0.29) is 0 Å². The van der Waals surface area contributed by atoms with Crippen molar-refractivity contribution < 1.29 is 4.74 Å². The minimum absolute atomic E-state index is 0.329. The van der Waals surface area contributed by atoms with Crippen LogP contribution in [0.2, 0.25) is 0 Å². The average molecular weight is 389 g/mol. The van der Waals surface area contributed by atoms with Gasteiger partial charge < -0.3 is 20.3 Å². The Bertz CT molecular complexity index is 658. The lowest BCUT2D eigenvalue weighted by Gasteiger charge is -2.25. The fourth-order valence-electron chi connectivity index (χ4n) is 2.71. The van der Waals surface area contributed by atoms with Crippen LogP contribution in [0.15, 0.2) is 52.8 Å². The van der Waals surface area contributed by atoms with E-state index in [0.717, 1.165) is 19.0 Å². The zero-order chi connectivity index (χ0) is 19.5. The van der Waals surface area contributed by atoms with E-state index >= 15 is 0 Å². The molecule has 0 amide bonds. The van der Waals surface area contributed by atoms with Crippen LogP contribution in [0.5, 0.6) is 0 Å². The molecule has 0 aliphatic rings. The van der Waals surface area contributed by atoms with E-state index in [1.807, 2.05) is 25.2 Å². The Balaban J connectivity index is 1.69. The SMILES string of the molecule is CN=C(NCC(C)COCc1ccccc1)NCC(c1cccs1)N(C)C. The molecular formula is C21H32N4OS. The van der Waals surface area contributed by atoms with Crippen LogP contribution in [0.25, 0.3) is 0 Å². The van der Waals surface area contributed by atoms with Crippen LogP contribution in [0.3, 0.4) is 0 Å². The fourth-order valence-corrected chi connectivity index (χ4v) is 3.64. The molecule has 2 atom stereocenters. The highest BCUT2D eigenvalue weighted by molar-refractivity contribution is 7.10. The number of aliphatic imine (C=N–C) groups is 1. The van der Waals surface area contributed by atoms with Gasteiger partial charge in [-0.05, 0) is 37.0 Å². The summed E-state index contributed by atoms with van der Waals surface area (Å²) in [6.45, 7) is 5.18. The minimum Gasteiger partial charge on any atom is -0.376 e. The highest BCUT2D eigenvalue weighted by atomic mass is 32.1. The van der Waals surface area contributed by atoms with Crippen LogP contribution >= 0.6 is 11.3 Å². The van der Waals surface area contributed by atoms with E-state index in [9.17, 15) is 0 Å². The number of guanidine groups is 1. The second-order valence-corrected chi connectivity index (χ2v) is 7.91. The fraction of sp³-hybridized carbons (Fsp3) is 0.476. The molecule has 1 heterocycles. The van der Waals surface area contributed by atoms with Crippen LogP contribution in [0.1, 0.15) is 23.4 Å². The van der Waals surface area contributed by atoms with Crippen molar-refractivity contribution in [1.82, 2.24) is 15.5 Å². The summed E-state index contributed by atoms with van der Waals surface area (Å²) in [6, 6.07) is 14.9. The normalized spacial score (nSPS) is 14.2. The molecule has 0 bridgehead atoms. The summed E-state index contributed by atoms with van der Waals surface area (Å²) in [5, 5.41) is 8.96. The van der Waals surface area contributed by atoms with Crippen LogP contribution in [-0.2, 0) is 11.3 Å². The average Bonchev–Trinajstić information content (AvgIpc) is 3.19. The monoisotopic (exact) mass is 388 g/mol. The Morgan fingerprint density at radius 1 is 1.11 bits per heavy atom. The molecular weight excluding hydrogens is 356 g/mol. The summed E-state index contributed by atoms with van der Waals surface area (Å²) in [5.41, 5.74) is 1.21. The lowest BCUT2D eigenvalue weighted by Crippen LogP contribution is -2.43. The van der Waals surface area contributed by atoms with Crippen molar-refractivity contribution in [3.05, 3.63) is 58.3 Å². The number of benzene rings is 1. The van der Waals surface area contributed by atoms with E-state index in [1.54, 1.807) is 11.3 Å². The Morgan fingerprint density at radius 2 is 1.85 bits per heavy atom. The van der Waals surface area contributed by atoms with Crippen LogP contribution in [-0.4, -0.2) is 51.7 Å². The van der Waals surface area contributed by atoms with Crippen LogP contribution in [0, 0.1) is 5.92 Å². The number of hydrogen-bond donors (Lipinski definition) is 2. The second-order valence-electron chi connectivity index (χ2n) is 6.93. The number of likely N-dealkylation sites (N-methyl/N-ethyl adjacent to an activating group) is 1. The molecule has 148 valence electrons. The van der Waals surface area contributed by atoms with Crippen molar-refractivity contribution in [1.29, 1.82) is 0 Å². The predicted octanol–water partition coefficient (Wildman–Crippen LogP) is 3.37. The van der Waals surface area contributed by atoms with E-state index in [2.05, 4.69) is 71.2 Å². The number of hydrogen-bond acceptors (Lipinski definition) is 4. The molecule has 2 unspecified atom stereocenters. The predicted molar refractivity (Wildman–Crippen MR) is 115 cm³/mol. The van der Waals surface area contributed by atoms with Gasteiger partial charge in [-0.3, -0.25) is 4.99 Å². The van der Waals surface area contributed by atoms with Gasteiger partial charge in [0.2, 0.25) is 0 Å². The maximum atomic E-state index is 5.82. The Morgan fingerprint density at radius 3 is 2.48 bits per heavy atom.